The topological polar surface area (TPSA) is 117 Å². The third-order valence-electron chi connectivity index (χ3n) is 7.39. The normalized spacial score (nSPS) is 16.9. The van der Waals surface area contributed by atoms with Crippen molar-refractivity contribution in [3.05, 3.63) is 75.7 Å². The van der Waals surface area contributed by atoms with E-state index in [9.17, 15) is 19.1 Å². The molecule has 1 saturated heterocycles. The number of amides is 2. The van der Waals surface area contributed by atoms with Crippen molar-refractivity contribution in [3.8, 4) is 11.3 Å². The van der Waals surface area contributed by atoms with Crippen LogP contribution in [0.1, 0.15) is 52.9 Å². The molecule has 40 heavy (non-hydrogen) atoms. The molecule has 0 radical (unpaired) electrons. The van der Waals surface area contributed by atoms with E-state index in [2.05, 4.69) is 20.6 Å². The average Bonchev–Trinajstić information content (AvgIpc) is 3.29. The molecule has 2 aromatic carbocycles. The van der Waals surface area contributed by atoms with Gasteiger partial charge >= 0.3 is 0 Å². The molecule has 1 fully saturated rings. The first-order valence-electron chi connectivity index (χ1n) is 13.2. The number of nitrogens with one attached hydrogen (secondary N) is 2. The molecule has 5 rings (SSSR count). The molecule has 3 aromatic rings. The van der Waals surface area contributed by atoms with Gasteiger partial charge in [0.2, 0.25) is 11.9 Å². The van der Waals surface area contributed by atoms with Gasteiger partial charge in [0, 0.05) is 42.5 Å². The molecule has 11 heteroatoms. The van der Waals surface area contributed by atoms with Crippen molar-refractivity contribution in [1.29, 1.82) is 0 Å². The van der Waals surface area contributed by atoms with Crippen LogP contribution < -0.4 is 10.6 Å². The Morgan fingerprint density at radius 1 is 1.25 bits per heavy atom. The number of anilines is 1. The number of carbonyl (C=O) groups excluding carboxylic acids is 2. The molecule has 210 valence electrons. The van der Waals surface area contributed by atoms with Gasteiger partial charge in [-0.15, -0.1) is 0 Å². The summed E-state index contributed by atoms with van der Waals surface area (Å²) in [4.78, 5) is 36.9. The fourth-order valence-electron chi connectivity index (χ4n) is 5.03. The summed E-state index contributed by atoms with van der Waals surface area (Å²) in [6.07, 6.45) is 3.25. The number of fused-ring (bicyclic) bond motifs is 1. The molecule has 0 unspecified atom stereocenters. The van der Waals surface area contributed by atoms with E-state index in [1.54, 1.807) is 32.0 Å². The molecule has 0 bridgehead atoms. The monoisotopic (exact) mass is 567 g/mol. The molecule has 3 heterocycles. The van der Waals surface area contributed by atoms with Crippen LogP contribution in [0.4, 0.5) is 10.3 Å². The van der Waals surface area contributed by atoms with Gasteiger partial charge in [-0.25, -0.2) is 14.4 Å². The van der Waals surface area contributed by atoms with Crippen molar-refractivity contribution in [2.45, 2.75) is 51.4 Å². The maximum Gasteiger partial charge on any atom is 0.255 e. The van der Waals surface area contributed by atoms with Gasteiger partial charge in [0.25, 0.3) is 5.91 Å². The maximum absolute atomic E-state index is 14.4. The third-order valence-corrected chi connectivity index (χ3v) is 7.66. The van der Waals surface area contributed by atoms with Crippen LogP contribution in [0, 0.1) is 12.7 Å². The second-order valence-electron chi connectivity index (χ2n) is 10.2. The molecule has 0 spiro atoms. The van der Waals surface area contributed by atoms with E-state index in [1.165, 1.54) is 17.2 Å². The quantitative estimate of drug-likeness (QED) is 0.376. The second kappa shape index (κ2) is 11.9. The number of aliphatic hydroxyl groups excluding tert-OH is 1. The van der Waals surface area contributed by atoms with E-state index in [-0.39, 0.29) is 24.1 Å². The van der Waals surface area contributed by atoms with Gasteiger partial charge in [-0.05, 0) is 44.4 Å². The Hall–Kier alpha value is -3.60. The summed E-state index contributed by atoms with van der Waals surface area (Å²) in [6.45, 7) is 4.52. The highest BCUT2D eigenvalue weighted by molar-refractivity contribution is 6.33. The molecule has 0 saturated carbocycles. The number of ether oxygens (including phenoxy) is 1. The first-order valence-corrected chi connectivity index (χ1v) is 13.6. The van der Waals surface area contributed by atoms with Crippen LogP contribution in [0.5, 0.6) is 0 Å². The zero-order valence-corrected chi connectivity index (χ0v) is 23.0. The fourth-order valence-corrected chi connectivity index (χ4v) is 5.23. The minimum atomic E-state index is -0.939. The highest BCUT2D eigenvalue weighted by atomic mass is 35.5. The minimum absolute atomic E-state index is 0.191. The lowest BCUT2D eigenvalue weighted by Gasteiger charge is -2.26. The molecule has 9 nitrogen and oxygen atoms in total. The molecule has 1 aromatic heterocycles. The number of halogens is 2. The van der Waals surface area contributed by atoms with Crippen LogP contribution in [0.2, 0.25) is 5.02 Å². The van der Waals surface area contributed by atoms with Crippen molar-refractivity contribution in [2.24, 2.45) is 0 Å². The van der Waals surface area contributed by atoms with Crippen molar-refractivity contribution in [3.63, 3.8) is 0 Å². The van der Waals surface area contributed by atoms with Crippen LogP contribution in [0.25, 0.3) is 11.3 Å². The largest absolute Gasteiger partial charge is 0.394 e. The predicted octanol–water partition coefficient (Wildman–Crippen LogP) is 4.03. The lowest BCUT2D eigenvalue weighted by molar-refractivity contribution is -0.126. The van der Waals surface area contributed by atoms with Crippen molar-refractivity contribution in [2.75, 3.05) is 25.1 Å². The Labute approximate surface area is 236 Å². The number of aryl methyl sites for hydroxylation is 1. The molecule has 2 aliphatic heterocycles. The molecule has 2 atom stereocenters. The third kappa shape index (κ3) is 5.79. The van der Waals surface area contributed by atoms with E-state index < -0.39 is 30.4 Å². The number of rotatable bonds is 8. The molecular weight excluding hydrogens is 537 g/mol. The zero-order chi connectivity index (χ0) is 28.4. The van der Waals surface area contributed by atoms with Gasteiger partial charge in [-0.3, -0.25) is 9.59 Å². The Morgan fingerprint density at radius 3 is 2.77 bits per heavy atom. The van der Waals surface area contributed by atoms with E-state index in [4.69, 9.17) is 16.3 Å². The summed E-state index contributed by atoms with van der Waals surface area (Å²) in [5.41, 5.74) is 3.36. The van der Waals surface area contributed by atoms with E-state index >= 15 is 0 Å². The number of nitrogens with zero attached hydrogens (tertiary/aromatic N) is 3. The van der Waals surface area contributed by atoms with Crippen LogP contribution in [0.3, 0.4) is 0 Å². The van der Waals surface area contributed by atoms with Gasteiger partial charge in [0.1, 0.15) is 11.9 Å². The first kappa shape index (κ1) is 27.9. The second-order valence-corrected chi connectivity index (χ2v) is 10.6. The molecule has 3 N–H and O–H groups in total. The first-order chi connectivity index (χ1) is 19.2. The van der Waals surface area contributed by atoms with E-state index in [1.807, 2.05) is 12.1 Å². The number of aromatic nitrogens is 2. The Balaban J connectivity index is 1.31. The molecule has 2 amide bonds. The highest BCUT2D eigenvalue weighted by Gasteiger charge is 2.35. The van der Waals surface area contributed by atoms with Crippen LogP contribution >= 0.6 is 11.6 Å². The van der Waals surface area contributed by atoms with Crippen LogP contribution in [-0.2, 0) is 16.1 Å². The van der Waals surface area contributed by atoms with Crippen molar-refractivity contribution in [1.82, 2.24) is 20.2 Å². The number of hydrogen-bond acceptors (Lipinski definition) is 7. The number of aliphatic hydroxyl groups is 1. The smallest absolute Gasteiger partial charge is 0.255 e. The van der Waals surface area contributed by atoms with Crippen molar-refractivity contribution < 1.29 is 23.8 Å². The number of hydrogen-bond donors (Lipinski definition) is 3. The summed E-state index contributed by atoms with van der Waals surface area (Å²) in [7, 11) is 0. The number of benzene rings is 2. The molecule has 2 aliphatic rings. The van der Waals surface area contributed by atoms with Crippen LogP contribution in [0.15, 0.2) is 42.6 Å². The average molecular weight is 568 g/mol. The lowest BCUT2D eigenvalue weighted by atomic mass is 10.0. The zero-order valence-electron chi connectivity index (χ0n) is 22.3. The number of carbonyl (C=O) groups is 2. The highest BCUT2D eigenvalue weighted by Crippen LogP contribution is 2.32. The predicted molar refractivity (Wildman–Crippen MR) is 148 cm³/mol. The maximum atomic E-state index is 14.4. The lowest BCUT2D eigenvalue weighted by Crippen LogP contribution is -2.46. The van der Waals surface area contributed by atoms with Gasteiger partial charge in [0.15, 0.2) is 0 Å². The minimum Gasteiger partial charge on any atom is -0.394 e. The summed E-state index contributed by atoms with van der Waals surface area (Å²) in [6, 6.07) is 8.31. The Bertz CT molecular complexity index is 1430. The standard InChI is InChI=1S/C29H31ClFN5O4/c1-16-3-6-24(31)22(11-16)25(15-37)34-27(38)17(2)36-14-19-5-4-18(12-21(19)28(36)39)26-23(30)13-32-29(35-26)33-20-7-9-40-10-8-20/h3-6,11-13,17,20,25,37H,7-10,14-15H2,1-2H3,(H,34,38)(H,32,33,35)/t17-,25-/m1/s1. The Kier molecular flexibility index (Phi) is 8.30. The van der Waals surface area contributed by atoms with Crippen molar-refractivity contribution >= 4 is 29.4 Å². The molecule has 0 aliphatic carbocycles. The SMILES string of the molecule is Cc1ccc(F)c([C@@H](CO)NC(=O)[C@@H](C)N2Cc3ccc(-c4nc(NC5CCOCC5)ncc4Cl)cc3C2=O)c1. The summed E-state index contributed by atoms with van der Waals surface area (Å²) in [5, 5.41) is 16.2. The molecular formula is C29H31ClFN5O4. The van der Waals surface area contributed by atoms with E-state index in [0.29, 0.717) is 41.0 Å². The summed E-state index contributed by atoms with van der Waals surface area (Å²) < 4.78 is 19.8. The van der Waals surface area contributed by atoms with Crippen LogP contribution in [-0.4, -0.2) is 63.7 Å². The van der Waals surface area contributed by atoms with Gasteiger partial charge < -0.3 is 25.4 Å². The summed E-state index contributed by atoms with van der Waals surface area (Å²) in [5.74, 6) is -0.880. The van der Waals surface area contributed by atoms with E-state index in [0.717, 1.165) is 24.0 Å². The van der Waals surface area contributed by atoms with Gasteiger partial charge in [-0.2, -0.15) is 0 Å². The fraction of sp³-hybridized carbons (Fsp3) is 0.379. The van der Waals surface area contributed by atoms with Gasteiger partial charge in [0.05, 0.1) is 29.6 Å². The van der Waals surface area contributed by atoms with Gasteiger partial charge in [-0.1, -0.05) is 41.4 Å². The Morgan fingerprint density at radius 2 is 2.02 bits per heavy atom. The summed E-state index contributed by atoms with van der Waals surface area (Å²) >= 11 is 6.45.